The second kappa shape index (κ2) is 5.31. The van der Waals surface area contributed by atoms with Crippen molar-refractivity contribution < 1.29 is 4.79 Å². The molecule has 6 heteroatoms. The summed E-state index contributed by atoms with van der Waals surface area (Å²) in [4.78, 5) is 11.3. The van der Waals surface area contributed by atoms with Crippen molar-refractivity contribution in [3.05, 3.63) is 27.9 Å². The van der Waals surface area contributed by atoms with Gasteiger partial charge < -0.3 is 5.32 Å². The predicted molar refractivity (Wildman–Crippen MR) is 60.8 cm³/mol. The molecular weight excluding hydrogens is 314 g/mol. The largest absolute Gasteiger partial charge is 0.351 e. The second-order valence-corrected chi connectivity index (χ2v) is 4.17. The van der Waals surface area contributed by atoms with Gasteiger partial charge in [0.1, 0.15) is 15.8 Å². The molecule has 0 aromatic carbocycles. The van der Waals surface area contributed by atoms with Crippen molar-refractivity contribution in [2.75, 3.05) is 6.54 Å². The third kappa shape index (κ3) is 3.26. The molecule has 0 saturated carbocycles. The fourth-order valence-corrected chi connectivity index (χ4v) is 1.99. The number of amides is 1. The van der Waals surface area contributed by atoms with Crippen LogP contribution in [0.5, 0.6) is 0 Å². The zero-order chi connectivity index (χ0) is 10.6. The van der Waals surface area contributed by atoms with Gasteiger partial charge >= 0.3 is 0 Å². The van der Waals surface area contributed by atoms with Crippen molar-refractivity contribution in [1.82, 2.24) is 15.1 Å². The number of carbonyl (C=O) groups excluding carboxylic acids is 1. The average Bonchev–Trinajstić information content (AvgIpc) is 2.42. The Labute approximate surface area is 98.6 Å². The van der Waals surface area contributed by atoms with Crippen molar-refractivity contribution in [3.63, 3.8) is 0 Å². The lowest BCUT2D eigenvalue weighted by atomic mass is 10.5. The Hall–Kier alpha value is -0.620. The minimum atomic E-state index is -0.0961. The number of aromatic nitrogens is 2. The van der Waals surface area contributed by atoms with E-state index in [-0.39, 0.29) is 12.5 Å². The molecule has 0 radical (unpaired) electrons. The van der Waals surface area contributed by atoms with E-state index in [0.29, 0.717) is 11.1 Å². The summed E-state index contributed by atoms with van der Waals surface area (Å²) in [5.74, 6) is -0.0961. The molecule has 1 amide bonds. The van der Waals surface area contributed by atoms with E-state index in [2.05, 4.69) is 48.9 Å². The molecule has 1 aromatic rings. The lowest BCUT2D eigenvalue weighted by Crippen LogP contribution is -2.28. The monoisotopic (exact) mass is 321 g/mol. The third-order valence-electron chi connectivity index (χ3n) is 1.44. The average molecular weight is 323 g/mol. The highest BCUT2D eigenvalue weighted by Gasteiger charge is 2.07. The summed E-state index contributed by atoms with van der Waals surface area (Å²) in [5.41, 5.74) is 0. The van der Waals surface area contributed by atoms with E-state index in [1.165, 1.54) is 0 Å². The standard InChI is InChI=1S/C8H9Br2N3O/c1-2-3-11-8(14)5-13-7(10)4-6(9)12-13/h2,4H,1,3,5H2,(H,11,14). The summed E-state index contributed by atoms with van der Waals surface area (Å²) < 4.78 is 3.02. The van der Waals surface area contributed by atoms with Gasteiger partial charge in [-0.25, -0.2) is 4.68 Å². The topological polar surface area (TPSA) is 46.9 Å². The normalized spacial score (nSPS) is 9.86. The zero-order valence-corrected chi connectivity index (χ0v) is 10.5. The summed E-state index contributed by atoms with van der Waals surface area (Å²) in [7, 11) is 0. The summed E-state index contributed by atoms with van der Waals surface area (Å²) in [6.45, 7) is 4.17. The molecule has 0 bridgehead atoms. The molecule has 0 aliphatic carbocycles. The van der Waals surface area contributed by atoms with Gasteiger partial charge in [-0.15, -0.1) is 6.58 Å². The van der Waals surface area contributed by atoms with Gasteiger partial charge in [-0.2, -0.15) is 5.10 Å². The Morgan fingerprint density at radius 3 is 2.93 bits per heavy atom. The lowest BCUT2D eigenvalue weighted by molar-refractivity contribution is -0.121. The van der Waals surface area contributed by atoms with Crippen molar-refractivity contribution in [2.45, 2.75) is 6.54 Å². The molecule has 4 nitrogen and oxygen atoms in total. The Bertz CT molecular complexity index is 348. The highest BCUT2D eigenvalue weighted by molar-refractivity contribution is 9.11. The summed E-state index contributed by atoms with van der Waals surface area (Å²) in [6, 6.07) is 1.78. The Kier molecular flexibility index (Phi) is 4.34. The number of halogens is 2. The molecule has 0 fully saturated rings. The van der Waals surface area contributed by atoms with Crippen LogP contribution >= 0.6 is 31.9 Å². The van der Waals surface area contributed by atoms with Crippen LogP contribution in [0.1, 0.15) is 0 Å². The third-order valence-corrected chi connectivity index (χ3v) is 2.46. The molecule has 1 heterocycles. The molecule has 0 saturated heterocycles. The van der Waals surface area contributed by atoms with Crippen molar-refractivity contribution in [3.8, 4) is 0 Å². The van der Waals surface area contributed by atoms with E-state index >= 15 is 0 Å². The van der Waals surface area contributed by atoms with Crippen LogP contribution < -0.4 is 5.32 Å². The van der Waals surface area contributed by atoms with Crippen LogP contribution in [-0.2, 0) is 11.3 Å². The SMILES string of the molecule is C=CCNC(=O)Cn1nc(Br)cc1Br. The number of nitrogens with zero attached hydrogens (tertiary/aromatic N) is 2. The highest BCUT2D eigenvalue weighted by Crippen LogP contribution is 2.15. The molecule has 1 aromatic heterocycles. The molecule has 76 valence electrons. The van der Waals surface area contributed by atoms with E-state index in [1.54, 1.807) is 16.8 Å². The van der Waals surface area contributed by atoms with E-state index in [1.807, 2.05) is 0 Å². The van der Waals surface area contributed by atoms with Crippen molar-refractivity contribution in [1.29, 1.82) is 0 Å². The van der Waals surface area contributed by atoms with Crippen LogP contribution in [0.3, 0.4) is 0 Å². The number of carbonyl (C=O) groups is 1. The van der Waals surface area contributed by atoms with Crippen LogP contribution in [-0.4, -0.2) is 22.2 Å². The quantitative estimate of drug-likeness (QED) is 0.858. The predicted octanol–water partition coefficient (Wildman–Crippen LogP) is 1.71. The molecule has 0 spiro atoms. The second-order valence-electron chi connectivity index (χ2n) is 2.54. The molecule has 0 unspecified atom stereocenters. The molecule has 0 aliphatic heterocycles. The Morgan fingerprint density at radius 1 is 1.71 bits per heavy atom. The van der Waals surface area contributed by atoms with E-state index in [9.17, 15) is 4.79 Å². The summed E-state index contributed by atoms with van der Waals surface area (Å²) in [5, 5.41) is 6.72. The number of hydrogen-bond donors (Lipinski definition) is 1. The number of hydrogen-bond acceptors (Lipinski definition) is 2. The first-order chi connectivity index (χ1) is 6.63. The fraction of sp³-hybridized carbons (Fsp3) is 0.250. The fourth-order valence-electron chi connectivity index (χ4n) is 0.854. The van der Waals surface area contributed by atoms with Gasteiger partial charge in [0, 0.05) is 12.6 Å². The summed E-state index contributed by atoms with van der Waals surface area (Å²) in [6.07, 6.45) is 1.63. The van der Waals surface area contributed by atoms with Gasteiger partial charge in [0.25, 0.3) is 0 Å². The van der Waals surface area contributed by atoms with Crippen LogP contribution in [0.4, 0.5) is 0 Å². The van der Waals surface area contributed by atoms with Gasteiger partial charge in [0.05, 0.1) is 0 Å². The van der Waals surface area contributed by atoms with E-state index in [4.69, 9.17) is 0 Å². The number of rotatable bonds is 4. The smallest absolute Gasteiger partial charge is 0.242 e. The van der Waals surface area contributed by atoms with Gasteiger partial charge in [-0.1, -0.05) is 6.08 Å². The van der Waals surface area contributed by atoms with Crippen molar-refractivity contribution >= 4 is 37.8 Å². The van der Waals surface area contributed by atoms with Crippen LogP contribution in [0.25, 0.3) is 0 Å². The Morgan fingerprint density at radius 2 is 2.43 bits per heavy atom. The van der Waals surface area contributed by atoms with E-state index in [0.717, 1.165) is 4.60 Å². The summed E-state index contributed by atoms with van der Waals surface area (Å²) >= 11 is 6.50. The molecule has 14 heavy (non-hydrogen) atoms. The first kappa shape index (κ1) is 11.5. The highest BCUT2D eigenvalue weighted by atomic mass is 79.9. The van der Waals surface area contributed by atoms with Crippen LogP contribution in [0.2, 0.25) is 0 Å². The van der Waals surface area contributed by atoms with Crippen LogP contribution in [0, 0.1) is 0 Å². The Balaban J connectivity index is 2.55. The van der Waals surface area contributed by atoms with Gasteiger partial charge in [-0.3, -0.25) is 4.79 Å². The minimum absolute atomic E-state index is 0.0961. The molecule has 1 rings (SSSR count). The first-order valence-electron chi connectivity index (χ1n) is 3.90. The number of nitrogens with one attached hydrogen (secondary N) is 1. The van der Waals surface area contributed by atoms with E-state index < -0.39 is 0 Å². The maximum Gasteiger partial charge on any atom is 0.242 e. The minimum Gasteiger partial charge on any atom is -0.351 e. The zero-order valence-electron chi connectivity index (χ0n) is 7.33. The van der Waals surface area contributed by atoms with Crippen molar-refractivity contribution in [2.24, 2.45) is 0 Å². The molecule has 0 aliphatic rings. The first-order valence-corrected chi connectivity index (χ1v) is 5.48. The molecule has 1 N–H and O–H groups in total. The van der Waals surface area contributed by atoms with Crippen LogP contribution in [0.15, 0.2) is 27.9 Å². The maximum absolute atomic E-state index is 11.3. The van der Waals surface area contributed by atoms with Gasteiger partial charge in [-0.05, 0) is 31.9 Å². The lowest BCUT2D eigenvalue weighted by Gasteiger charge is -2.03. The molecule has 0 atom stereocenters. The maximum atomic E-state index is 11.3. The van der Waals surface area contributed by atoms with Gasteiger partial charge in [0.15, 0.2) is 0 Å². The van der Waals surface area contributed by atoms with Gasteiger partial charge in [0.2, 0.25) is 5.91 Å². The molecular formula is C8H9Br2N3O.